The maximum atomic E-state index is 4.45. The van der Waals surface area contributed by atoms with Crippen LogP contribution in [-0.4, -0.2) is 31.1 Å². The fourth-order valence-electron chi connectivity index (χ4n) is 1.49. The van der Waals surface area contributed by atoms with E-state index < -0.39 is 0 Å². The molecule has 0 unspecified atom stereocenters. The van der Waals surface area contributed by atoms with Crippen molar-refractivity contribution in [2.75, 3.05) is 20.1 Å². The molecular weight excluding hydrogens is 371 g/mol. The molecule has 0 amide bonds. The van der Waals surface area contributed by atoms with Crippen LogP contribution in [0.2, 0.25) is 0 Å². The maximum Gasteiger partial charge on any atom is 0.190 e. The monoisotopic (exact) mass is 396 g/mol. The lowest BCUT2D eigenvalue weighted by Crippen LogP contribution is -2.39. The highest BCUT2D eigenvalue weighted by molar-refractivity contribution is 14.0. The second-order valence-corrected chi connectivity index (χ2v) is 5.70. The Hall–Kier alpha value is -0.370. The lowest BCUT2D eigenvalue weighted by Gasteiger charge is -2.12. The number of nitrogens with zero attached hydrogens (tertiary/aromatic N) is 2. The molecule has 1 heterocycles. The van der Waals surface area contributed by atoms with E-state index in [1.165, 1.54) is 5.01 Å². The normalized spacial score (nSPS) is 11.3. The van der Waals surface area contributed by atoms with E-state index in [1.807, 2.05) is 6.92 Å². The Bertz CT molecular complexity index is 376. The van der Waals surface area contributed by atoms with Crippen molar-refractivity contribution in [2.45, 2.75) is 33.6 Å². The smallest absolute Gasteiger partial charge is 0.190 e. The second-order valence-electron chi connectivity index (χ2n) is 4.76. The first-order valence-corrected chi connectivity index (χ1v) is 7.35. The Labute approximate surface area is 137 Å². The van der Waals surface area contributed by atoms with Crippen molar-refractivity contribution in [3.05, 3.63) is 16.1 Å². The van der Waals surface area contributed by atoms with Crippen LogP contribution in [0, 0.1) is 12.8 Å². The molecule has 6 heteroatoms. The zero-order valence-corrected chi connectivity index (χ0v) is 15.3. The Balaban J connectivity index is 0.00000324. The number of aliphatic imine (C=N–C) groups is 1. The van der Waals surface area contributed by atoms with Gasteiger partial charge in [-0.05, 0) is 19.3 Å². The van der Waals surface area contributed by atoms with Gasteiger partial charge >= 0.3 is 0 Å². The van der Waals surface area contributed by atoms with Crippen molar-refractivity contribution in [3.63, 3.8) is 0 Å². The van der Waals surface area contributed by atoms with Crippen LogP contribution in [0.5, 0.6) is 0 Å². The molecule has 2 N–H and O–H groups in total. The van der Waals surface area contributed by atoms with Crippen LogP contribution >= 0.6 is 35.3 Å². The molecule has 4 nitrogen and oxygen atoms in total. The molecule has 0 bridgehead atoms. The molecule has 1 aromatic heterocycles. The molecule has 1 rings (SSSR count). The fourth-order valence-corrected chi connectivity index (χ4v) is 2.30. The van der Waals surface area contributed by atoms with Gasteiger partial charge in [0, 0.05) is 37.6 Å². The summed E-state index contributed by atoms with van der Waals surface area (Å²) in [5.41, 5.74) is 1.12. The molecule has 0 atom stereocenters. The molecule has 19 heavy (non-hydrogen) atoms. The van der Waals surface area contributed by atoms with E-state index in [0.717, 1.165) is 37.6 Å². The lowest BCUT2D eigenvalue weighted by molar-refractivity contribution is 0.612. The van der Waals surface area contributed by atoms with Gasteiger partial charge in [-0.15, -0.1) is 35.3 Å². The average Bonchev–Trinajstić information content (AvgIpc) is 2.74. The predicted molar refractivity (Wildman–Crippen MR) is 94.8 cm³/mol. The third-order valence-electron chi connectivity index (χ3n) is 2.43. The predicted octanol–water partition coefficient (Wildman–Crippen LogP) is 2.82. The van der Waals surface area contributed by atoms with Crippen LogP contribution in [0.4, 0.5) is 0 Å². The van der Waals surface area contributed by atoms with Gasteiger partial charge in [-0.25, -0.2) is 4.98 Å². The topological polar surface area (TPSA) is 49.3 Å². The third-order valence-corrected chi connectivity index (χ3v) is 3.45. The molecule has 0 aliphatic carbocycles. The molecule has 1 aromatic rings. The lowest BCUT2D eigenvalue weighted by atomic mass is 10.2. The summed E-state index contributed by atoms with van der Waals surface area (Å²) in [5.74, 6) is 1.51. The van der Waals surface area contributed by atoms with Gasteiger partial charge in [0.1, 0.15) is 0 Å². The highest BCUT2D eigenvalue weighted by Crippen LogP contribution is 2.10. The van der Waals surface area contributed by atoms with E-state index in [4.69, 9.17) is 0 Å². The third kappa shape index (κ3) is 8.41. The number of halogens is 1. The molecule has 0 aliphatic heterocycles. The van der Waals surface area contributed by atoms with E-state index in [2.05, 4.69) is 39.8 Å². The van der Waals surface area contributed by atoms with Crippen molar-refractivity contribution in [2.24, 2.45) is 10.9 Å². The van der Waals surface area contributed by atoms with Gasteiger partial charge in [0.05, 0.1) is 5.01 Å². The van der Waals surface area contributed by atoms with Gasteiger partial charge in [0.25, 0.3) is 0 Å². The minimum atomic E-state index is 0. The zero-order valence-electron chi connectivity index (χ0n) is 12.2. The van der Waals surface area contributed by atoms with Crippen LogP contribution in [-0.2, 0) is 6.42 Å². The summed E-state index contributed by atoms with van der Waals surface area (Å²) in [7, 11) is 1.81. The molecule has 0 aromatic carbocycles. The molecule has 0 saturated carbocycles. The largest absolute Gasteiger partial charge is 0.356 e. The number of hydrogen-bond donors (Lipinski definition) is 2. The SMILES string of the molecule is CN=C(NCCCc1nc(C)cs1)NCC(C)C.I. The van der Waals surface area contributed by atoms with Crippen LogP contribution in [0.1, 0.15) is 31.0 Å². The minimum absolute atomic E-state index is 0. The van der Waals surface area contributed by atoms with Gasteiger partial charge < -0.3 is 10.6 Å². The van der Waals surface area contributed by atoms with Crippen LogP contribution in [0.25, 0.3) is 0 Å². The number of aryl methyl sites for hydroxylation is 2. The second kappa shape index (κ2) is 10.4. The summed E-state index contributed by atoms with van der Waals surface area (Å²) in [4.78, 5) is 8.64. The van der Waals surface area contributed by atoms with Crippen LogP contribution in [0.3, 0.4) is 0 Å². The molecule has 0 aliphatic rings. The molecule has 0 spiro atoms. The molecule has 0 radical (unpaired) electrons. The maximum absolute atomic E-state index is 4.45. The molecule has 0 fully saturated rings. The summed E-state index contributed by atoms with van der Waals surface area (Å²) in [5, 5.41) is 9.94. The molecule has 0 saturated heterocycles. The van der Waals surface area contributed by atoms with Gasteiger partial charge in [0.15, 0.2) is 5.96 Å². The molecular formula is C13H25IN4S. The first-order valence-electron chi connectivity index (χ1n) is 6.47. The standard InChI is InChI=1S/C13H24N4S.HI/c1-10(2)8-16-13(14-4)15-7-5-6-12-17-11(3)9-18-12;/h9-10H,5-8H2,1-4H3,(H2,14,15,16);1H. The van der Waals surface area contributed by atoms with Gasteiger partial charge in [-0.1, -0.05) is 13.8 Å². The number of rotatable bonds is 6. The van der Waals surface area contributed by atoms with Crippen molar-refractivity contribution in [1.82, 2.24) is 15.6 Å². The summed E-state index contributed by atoms with van der Waals surface area (Å²) < 4.78 is 0. The van der Waals surface area contributed by atoms with Crippen molar-refractivity contribution < 1.29 is 0 Å². The minimum Gasteiger partial charge on any atom is -0.356 e. The van der Waals surface area contributed by atoms with E-state index in [9.17, 15) is 0 Å². The Kier molecular flexibility index (Phi) is 10.2. The van der Waals surface area contributed by atoms with Gasteiger partial charge in [0.2, 0.25) is 0 Å². The highest BCUT2D eigenvalue weighted by atomic mass is 127. The van der Waals surface area contributed by atoms with Crippen molar-refractivity contribution >= 4 is 41.3 Å². The van der Waals surface area contributed by atoms with Gasteiger partial charge in [-0.3, -0.25) is 4.99 Å². The van der Waals surface area contributed by atoms with Crippen molar-refractivity contribution in [3.8, 4) is 0 Å². The number of hydrogen-bond acceptors (Lipinski definition) is 3. The summed E-state index contributed by atoms with van der Waals surface area (Å²) >= 11 is 1.74. The van der Waals surface area contributed by atoms with E-state index in [-0.39, 0.29) is 24.0 Å². The fraction of sp³-hybridized carbons (Fsp3) is 0.692. The summed E-state index contributed by atoms with van der Waals surface area (Å²) in [6.07, 6.45) is 2.11. The average molecular weight is 396 g/mol. The highest BCUT2D eigenvalue weighted by Gasteiger charge is 2.00. The quantitative estimate of drug-likeness (QED) is 0.337. The zero-order chi connectivity index (χ0) is 13.4. The molecule has 110 valence electrons. The van der Waals surface area contributed by atoms with Crippen LogP contribution in [0.15, 0.2) is 10.4 Å². The summed E-state index contributed by atoms with van der Waals surface area (Å²) in [6, 6.07) is 0. The van der Waals surface area contributed by atoms with E-state index in [0.29, 0.717) is 5.92 Å². The van der Waals surface area contributed by atoms with E-state index in [1.54, 1.807) is 18.4 Å². The first kappa shape index (κ1) is 18.6. The van der Waals surface area contributed by atoms with E-state index >= 15 is 0 Å². The Morgan fingerprint density at radius 3 is 2.68 bits per heavy atom. The number of aromatic nitrogens is 1. The Morgan fingerprint density at radius 2 is 2.16 bits per heavy atom. The summed E-state index contributed by atoms with van der Waals surface area (Å²) in [6.45, 7) is 8.29. The number of nitrogens with one attached hydrogen (secondary N) is 2. The Morgan fingerprint density at radius 1 is 1.42 bits per heavy atom. The van der Waals surface area contributed by atoms with Crippen LogP contribution < -0.4 is 10.6 Å². The number of thiazole rings is 1. The number of guanidine groups is 1. The first-order chi connectivity index (χ1) is 8.61. The van der Waals surface area contributed by atoms with Gasteiger partial charge in [-0.2, -0.15) is 0 Å². The van der Waals surface area contributed by atoms with Crippen molar-refractivity contribution in [1.29, 1.82) is 0 Å².